The van der Waals surface area contributed by atoms with Gasteiger partial charge in [-0.05, 0) is 26.4 Å². The van der Waals surface area contributed by atoms with E-state index in [1.54, 1.807) is 4.57 Å². The lowest BCUT2D eigenvalue weighted by molar-refractivity contribution is -0.0546. The number of rotatable bonds is 5. The minimum Gasteiger partial charge on any atom is -0.387 e. The fourth-order valence-corrected chi connectivity index (χ4v) is 3.99. The molecule has 1 spiro atoms. The van der Waals surface area contributed by atoms with Gasteiger partial charge in [0, 0.05) is 12.5 Å². The zero-order valence-corrected chi connectivity index (χ0v) is 14.4. The molecule has 2 aromatic rings. The normalized spacial score (nSPS) is 34.4. The van der Waals surface area contributed by atoms with Crippen molar-refractivity contribution in [2.45, 2.75) is 43.8 Å². The molecule has 1 aliphatic heterocycles. The minimum absolute atomic E-state index is 0.202. The van der Waals surface area contributed by atoms with Gasteiger partial charge in [0.15, 0.2) is 17.7 Å². The number of nitrogens with two attached hydrogens (primary N) is 1. The summed E-state index contributed by atoms with van der Waals surface area (Å²) < 4.78 is 7.79. The Hall–Kier alpha value is -1.81. The van der Waals surface area contributed by atoms with E-state index in [0.717, 1.165) is 25.9 Å². The van der Waals surface area contributed by atoms with Gasteiger partial charge in [0.2, 0.25) is 0 Å². The van der Waals surface area contributed by atoms with E-state index in [0.29, 0.717) is 11.2 Å². The summed E-state index contributed by atoms with van der Waals surface area (Å²) in [5.74, 6) is 0.477. The Morgan fingerprint density at radius 1 is 1.40 bits per heavy atom. The zero-order valence-electron chi connectivity index (χ0n) is 14.4. The average molecular weight is 348 g/mol. The van der Waals surface area contributed by atoms with Crippen LogP contribution in [0.4, 0.5) is 5.82 Å². The molecule has 4 rings (SSSR count). The van der Waals surface area contributed by atoms with Gasteiger partial charge in [-0.15, -0.1) is 0 Å². The molecule has 9 heteroatoms. The smallest absolute Gasteiger partial charge is 0.167 e. The van der Waals surface area contributed by atoms with Crippen LogP contribution in [0, 0.1) is 5.92 Å². The predicted molar refractivity (Wildman–Crippen MR) is 90.5 cm³/mol. The van der Waals surface area contributed by atoms with Crippen molar-refractivity contribution in [3.63, 3.8) is 0 Å². The average Bonchev–Trinajstić information content (AvgIpc) is 2.97. The highest BCUT2D eigenvalue weighted by molar-refractivity contribution is 5.81. The van der Waals surface area contributed by atoms with E-state index in [1.165, 1.54) is 12.7 Å². The highest BCUT2D eigenvalue weighted by Gasteiger charge is 2.68. The Morgan fingerprint density at radius 2 is 2.20 bits per heavy atom. The van der Waals surface area contributed by atoms with Crippen molar-refractivity contribution in [3.05, 3.63) is 12.7 Å². The number of aliphatic hydroxyl groups is 2. The van der Waals surface area contributed by atoms with Crippen molar-refractivity contribution < 1.29 is 14.9 Å². The van der Waals surface area contributed by atoms with E-state index < -0.39 is 24.0 Å². The third-order valence-electron chi connectivity index (χ3n) is 5.35. The van der Waals surface area contributed by atoms with Crippen LogP contribution in [0.25, 0.3) is 11.2 Å². The molecule has 2 aromatic heterocycles. The summed E-state index contributed by atoms with van der Waals surface area (Å²) in [6.45, 7) is 3.97. The lowest BCUT2D eigenvalue weighted by Crippen LogP contribution is -2.35. The molecule has 0 aromatic carbocycles. The molecule has 4 N–H and O–H groups in total. The van der Waals surface area contributed by atoms with Crippen LogP contribution >= 0.6 is 0 Å². The Morgan fingerprint density at radius 3 is 2.96 bits per heavy atom. The number of hydrogen-bond acceptors (Lipinski definition) is 8. The lowest BCUT2D eigenvalue weighted by atomic mass is 10.1. The highest BCUT2D eigenvalue weighted by atomic mass is 16.6. The summed E-state index contributed by atoms with van der Waals surface area (Å²) in [5.41, 5.74) is 6.07. The summed E-state index contributed by atoms with van der Waals surface area (Å²) >= 11 is 0. The molecule has 1 saturated heterocycles. The maximum Gasteiger partial charge on any atom is 0.167 e. The topological polar surface area (TPSA) is 123 Å². The summed E-state index contributed by atoms with van der Waals surface area (Å²) in [7, 11) is 2.06. The summed E-state index contributed by atoms with van der Waals surface area (Å²) in [6.07, 6.45) is 1.96. The van der Waals surface area contributed by atoms with Gasteiger partial charge in [-0.25, -0.2) is 15.0 Å². The number of nitrogen functional groups attached to an aromatic ring is 1. The van der Waals surface area contributed by atoms with Crippen LogP contribution in [0.2, 0.25) is 0 Å². The quantitative estimate of drug-likeness (QED) is 0.677. The van der Waals surface area contributed by atoms with E-state index in [1.807, 2.05) is 0 Å². The fourth-order valence-electron chi connectivity index (χ4n) is 3.99. The molecule has 5 atom stereocenters. The van der Waals surface area contributed by atoms with Crippen molar-refractivity contribution in [2.24, 2.45) is 5.92 Å². The van der Waals surface area contributed by atoms with Crippen LogP contribution in [0.15, 0.2) is 12.7 Å². The van der Waals surface area contributed by atoms with Crippen molar-refractivity contribution in [1.82, 2.24) is 24.4 Å². The minimum atomic E-state index is -1.05. The highest BCUT2D eigenvalue weighted by Crippen LogP contribution is 2.57. The number of anilines is 1. The lowest BCUT2D eigenvalue weighted by Gasteiger charge is -2.19. The molecule has 0 amide bonds. The number of ether oxygens (including phenoxy) is 1. The van der Waals surface area contributed by atoms with Crippen molar-refractivity contribution in [2.75, 3.05) is 25.9 Å². The molecule has 9 nitrogen and oxygen atoms in total. The van der Waals surface area contributed by atoms with Gasteiger partial charge < -0.3 is 25.6 Å². The second-order valence-electron chi connectivity index (χ2n) is 7.15. The first-order valence-corrected chi connectivity index (χ1v) is 8.63. The molecule has 0 bridgehead atoms. The molecule has 2 fully saturated rings. The SMILES string of the molecule is CCCN(C)C[C@H]1C[C@]12O[C@@H](n1cnc3c(N)ncnc31)C(O)C2O. The molecule has 1 saturated carbocycles. The predicted octanol–water partition coefficient (Wildman–Crippen LogP) is -0.240. The second-order valence-corrected chi connectivity index (χ2v) is 7.15. The molecule has 136 valence electrons. The van der Waals surface area contributed by atoms with Crippen LogP contribution in [0.3, 0.4) is 0 Å². The first kappa shape index (κ1) is 16.6. The number of aliphatic hydroxyl groups excluding tert-OH is 2. The van der Waals surface area contributed by atoms with E-state index in [4.69, 9.17) is 10.5 Å². The fraction of sp³-hybridized carbons (Fsp3) is 0.688. The van der Waals surface area contributed by atoms with Crippen molar-refractivity contribution in [1.29, 1.82) is 0 Å². The summed E-state index contributed by atoms with van der Waals surface area (Å²) in [6, 6.07) is 0. The summed E-state index contributed by atoms with van der Waals surface area (Å²) in [4.78, 5) is 14.6. The Bertz CT molecular complexity index is 782. The largest absolute Gasteiger partial charge is 0.387 e. The van der Waals surface area contributed by atoms with Crippen molar-refractivity contribution in [3.8, 4) is 0 Å². The number of hydrogen-bond donors (Lipinski definition) is 3. The van der Waals surface area contributed by atoms with Crippen LogP contribution in [0.1, 0.15) is 26.0 Å². The van der Waals surface area contributed by atoms with Gasteiger partial charge in [-0.3, -0.25) is 4.57 Å². The van der Waals surface area contributed by atoms with Gasteiger partial charge in [0.1, 0.15) is 29.7 Å². The van der Waals surface area contributed by atoms with Crippen LogP contribution < -0.4 is 5.73 Å². The maximum absolute atomic E-state index is 10.6. The monoisotopic (exact) mass is 348 g/mol. The molecule has 2 unspecified atom stereocenters. The maximum atomic E-state index is 10.6. The van der Waals surface area contributed by atoms with E-state index in [2.05, 4.69) is 33.8 Å². The standard InChI is InChI=1S/C16H24N6O3/c1-3-4-21(2)6-9-5-16(9)12(24)11(23)15(25-16)22-8-20-10-13(17)18-7-19-14(10)22/h7-9,11-12,15,23-24H,3-6H2,1-2H3,(H2,17,18,19)/t9-,11?,12?,15-,16+/m1/s1. The van der Waals surface area contributed by atoms with Gasteiger partial charge in [0.25, 0.3) is 0 Å². The molecular formula is C16H24N6O3. The molecular weight excluding hydrogens is 324 g/mol. The third kappa shape index (κ3) is 2.50. The van der Waals surface area contributed by atoms with Gasteiger partial charge >= 0.3 is 0 Å². The number of aromatic nitrogens is 4. The Labute approximate surface area is 145 Å². The number of fused-ring (bicyclic) bond motifs is 1. The van der Waals surface area contributed by atoms with Gasteiger partial charge in [-0.2, -0.15) is 0 Å². The van der Waals surface area contributed by atoms with Gasteiger partial charge in [0.05, 0.1) is 6.33 Å². The van der Waals surface area contributed by atoms with Crippen LogP contribution in [-0.4, -0.2) is 72.6 Å². The second kappa shape index (κ2) is 5.87. The van der Waals surface area contributed by atoms with Crippen LogP contribution in [0.5, 0.6) is 0 Å². The Balaban J connectivity index is 1.58. The number of imidazole rings is 1. The third-order valence-corrected chi connectivity index (χ3v) is 5.35. The van der Waals surface area contributed by atoms with Crippen LogP contribution in [-0.2, 0) is 4.74 Å². The Kier molecular flexibility index (Phi) is 3.91. The first-order valence-electron chi connectivity index (χ1n) is 8.63. The van der Waals surface area contributed by atoms with E-state index in [9.17, 15) is 10.2 Å². The van der Waals surface area contributed by atoms with Crippen molar-refractivity contribution >= 4 is 17.0 Å². The molecule has 2 aliphatic rings. The van der Waals surface area contributed by atoms with E-state index >= 15 is 0 Å². The molecule has 3 heterocycles. The zero-order chi connectivity index (χ0) is 17.8. The molecule has 25 heavy (non-hydrogen) atoms. The number of nitrogens with zero attached hydrogens (tertiary/aromatic N) is 5. The molecule has 0 radical (unpaired) electrons. The first-order chi connectivity index (χ1) is 12.0. The molecule has 1 aliphatic carbocycles. The van der Waals surface area contributed by atoms with Gasteiger partial charge in [-0.1, -0.05) is 6.92 Å². The van der Waals surface area contributed by atoms with E-state index in [-0.39, 0.29) is 11.7 Å². The summed E-state index contributed by atoms with van der Waals surface area (Å²) in [5, 5.41) is 21.2.